The van der Waals surface area contributed by atoms with Crippen LogP contribution in [-0.4, -0.2) is 9.19 Å². The minimum atomic E-state index is -1.10. The van der Waals surface area contributed by atoms with Crippen molar-refractivity contribution >= 4 is 10.8 Å². The van der Waals surface area contributed by atoms with Crippen LogP contribution in [0.15, 0.2) is 58.6 Å². The van der Waals surface area contributed by atoms with Gasteiger partial charge in [0.15, 0.2) is 0 Å². The first kappa shape index (κ1) is 10.1. The maximum atomic E-state index is 12.1. The highest BCUT2D eigenvalue weighted by molar-refractivity contribution is 7.85. The molecule has 0 N–H and O–H groups in total. The largest absolute Gasteiger partial charge is 0.265 e. The fraction of sp³-hybridized carbons (Fsp3) is 0.0833. The predicted molar refractivity (Wildman–Crippen MR) is 60.1 cm³/mol. The smallest absolute Gasteiger partial charge is 0.0850 e. The van der Waals surface area contributed by atoms with E-state index in [-0.39, 0.29) is 0 Å². The Bertz CT molecular complexity index is 482. The Morgan fingerprint density at radius 1 is 1.07 bits per heavy atom. The maximum Gasteiger partial charge on any atom is 0.0850 e. The third kappa shape index (κ3) is 2.30. The van der Waals surface area contributed by atoms with E-state index in [1.807, 2.05) is 31.2 Å². The number of rotatable bonds is 2. The molecular formula is C12H11NOS. The summed E-state index contributed by atoms with van der Waals surface area (Å²) >= 11 is 0. The number of hydrogen-bond acceptors (Lipinski definition) is 2. The first-order valence-corrected chi connectivity index (χ1v) is 5.81. The van der Waals surface area contributed by atoms with Crippen molar-refractivity contribution in [1.82, 2.24) is 4.98 Å². The Morgan fingerprint density at radius 2 is 1.80 bits per heavy atom. The highest BCUT2D eigenvalue weighted by atomic mass is 32.2. The second-order valence-corrected chi connectivity index (χ2v) is 4.75. The van der Waals surface area contributed by atoms with Gasteiger partial charge in [-0.3, -0.25) is 4.98 Å². The topological polar surface area (TPSA) is 30.0 Å². The Hall–Kier alpha value is -1.48. The lowest BCUT2D eigenvalue weighted by molar-refractivity contribution is 0.683. The maximum absolute atomic E-state index is 12.1. The van der Waals surface area contributed by atoms with E-state index in [2.05, 4.69) is 4.98 Å². The highest BCUT2D eigenvalue weighted by Crippen LogP contribution is 2.16. The van der Waals surface area contributed by atoms with Crippen LogP contribution in [0.5, 0.6) is 0 Å². The average Bonchev–Trinajstić information content (AvgIpc) is 2.29. The van der Waals surface area contributed by atoms with E-state index in [9.17, 15) is 4.21 Å². The van der Waals surface area contributed by atoms with Crippen molar-refractivity contribution in [2.45, 2.75) is 16.7 Å². The van der Waals surface area contributed by atoms with E-state index in [1.165, 1.54) is 0 Å². The average molecular weight is 217 g/mol. The molecule has 2 rings (SSSR count). The Morgan fingerprint density at radius 3 is 2.47 bits per heavy atom. The normalized spacial score (nSPS) is 12.3. The van der Waals surface area contributed by atoms with Crippen molar-refractivity contribution in [3.05, 3.63) is 54.4 Å². The molecule has 0 fully saturated rings. The van der Waals surface area contributed by atoms with Gasteiger partial charge in [-0.1, -0.05) is 12.1 Å². The van der Waals surface area contributed by atoms with Crippen LogP contribution in [0.25, 0.3) is 0 Å². The van der Waals surface area contributed by atoms with Gasteiger partial charge in [0.2, 0.25) is 0 Å². The molecule has 1 aromatic carbocycles. The second-order valence-electron chi connectivity index (χ2n) is 3.27. The molecule has 0 amide bonds. The lowest BCUT2D eigenvalue weighted by Gasteiger charge is -2.02. The molecule has 2 aromatic rings. The number of nitrogens with zero attached hydrogens (tertiary/aromatic N) is 1. The van der Waals surface area contributed by atoms with E-state index >= 15 is 0 Å². The molecule has 0 saturated carbocycles. The van der Waals surface area contributed by atoms with Crippen LogP contribution in [0.4, 0.5) is 0 Å². The zero-order chi connectivity index (χ0) is 10.7. The van der Waals surface area contributed by atoms with Gasteiger partial charge in [-0.25, -0.2) is 4.21 Å². The van der Waals surface area contributed by atoms with Gasteiger partial charge in [-0.05, 0) is 36.8 Å². The molecule has 0 bridgehead atoms. The Kier molecular flexibility index (Phi) is 2.92. The number of aryl methyl sites for hydroxylation is 1. The van der Waals surface area contributed by atoms with Crippen LogP contribution in [0.3, 0.4) is 0 Å². The van der Waals surface area contributed by atoms with E-state index in [4.69, 9.17) is 0 Å². The summed E-state index contributed by atoms with van der Waals surface area (Å²) in [7, 11) is -1.10. The number of aromatic nitrogens is 1. The molecule has 0 radical (unpaired) electrons. The van der Waals surface area contributed by atoms with Gasteiger partial charge in [0.05, 0.1) is 10.8 Å². The van der Waals surface area contributed by atoms with E-state index in [0.717, 1.165) is 15.4 Å². The van der Waals surface area contributed by atoms with Gasteiger partial charge in [0, 0.05) is 22.2 Å². The zero-order valence-electron chi connectivity index (χ0n) is 8.38. The van der Waals surface area contributed by atoms with Crippen molar-refractivity contribution in [3.8, 4) is 0 Å². The molecule has 1 aromatic heterocycles. The van der Waals surface area contributed by atoms with Crippen LogP contribution in [-0.2, 0) is 10.8 Å². The molecule has 1 heterocycles. The summed E-state index contributed by atoms with van der Waals surface area (Å²) in [6.07, 6.45) is 3.31. The number of hydrogen-bond donors (Lipinski definition) is 0. The molecule has 0 saturated heterocycles. The molecule has 3 heteroatoms. The Balaban J connectivity index is 2.37. The van der Waals surface area contributed by atoms with E-state index in [0.29, 0.717) is 0 Å². The quantitative estimate of drug-likeness (QED) is 0.773. The molecule has 0 spiro atoms. The summed E-state index contributed by atoms with van der Waals surface area (Å²) in [4.78, 5) is 5.53. The molecule has 0 aliphatic carbocycles. The molecule has 76 valence electrons. The van der Waals surface area contributed by atoms with Crippen molar-refractivity contribution in [2.24, 2.45) is 0 Å². The van der Waals surface area contributed by atoms with Gasteiger partial charge < -0.3 is 0 Å². The summed E-state index contributed by atoms with van der Waals surface area (Å²) in [6, 6.07) is 11.3. The van der Waals surface area contributed by atoms with E-state index < -0.39 is 10.8 Å². The van der Waals surface area contributed by atoms with Gasteiger partial charge >= 0.3 is 0 Å². The summed E-state index contributed by atoms with van der Waals surface area (Å²) in [5, 5.41) is 0. The summed E-state index contributed by atoms with van der Waals surface area (Å²) < 4.78 is 12.1. The van der Waals surface area contributed by atoms with Crippen LogP contribution >= 0.6 is 0 Å². The lowest BCUT2D eigenvalue weighted by Crippen LogP contribution is -1.93. The molecule has 0 aliphatic rings. The number of benzene rings is 1. The molecular weight excluding hydrogens is 206 g/mol. The Labute approximate surface area is 91.4 Å². The third-order valence-corrected chi connectivity index (χ3v) is 3.45. The summed E-state index contributed by atoms with van der Waals surface area (Å²) in [6.45, 7) is 1.99. The monoisotopic (exact) mass is 217 g/mol. The third-order valence-electron chi connectivity index (χ3n) is 2.07. The van der Waals surface area contributed by atoms with Gasteiger partial charge in [-0.2, -0.15) is 0 Å². The fourth-order valence-corrected chi connectivity index (χ4v) is 2.46. The predicted octanol–water partition coefficient (Wildman–Crippen LogP) is 2.56. The fourth-order valence-electron chi connectivity index (χ4n) is 1.33. The second kappa shape index (κ2) is 4.36. The van der Waals surface area contributed by atoms with Gasteiger partial charge in [0.1, 0.15) is 0 Å². The first-order valence-electron chi connectivity index (χ1n) is 4.66. The lowest BCUT2D eigenvalue weighted by atomic mass is 10.2. The standard InChI is InChI=1S/C12H11NOS/c1-10-3-2-4-12(9-10)15(14)11-5-7-13-8-6-11/h2-9H,1H3. The van der Waals surface area contributed by atoms with Crippen molar-refractivity contribution in [3.63, 3.8) is 0 Å². The van der Waals surface area contributed by atoms with Crippen molar-refractivity contribution in [1.29, 1.82) is 0 Å². The van der Waals surface area contributed by atoms with Gasteiger partial charge in [0.25, 0.3) is 0 Å². The van der Waals surface area contributed by atoms with Crippen LogP contribution in [0, 0.1) is 6.92 Å². The molecule has 2 nitrogen and oxygen atoms in total. The summed E-state index contributed by atoms with van der Waals surface area (Å²) in [5.41, 5.74) is 1.12. The first-order chi connectivity index (χ1) is 7.27. The van der Waals surface area contributed by atoms with Crippen LogP contribution < -0.4 is 0 Å². The summed E-state index contributed by atoms with van der Waals surface area (Å²) in [5.74, 6) is 0. The van der Waals surface area contributed by atoms with Crippen molar-refractivity contribution in [2.75, 3.05) is 0 Å². The minimum absolute atomic E-state index is 0.788. The minimum Gasteiger partial charge on any atom is -0.265 e. The van der Waals surface area contributed by atoms with Crippen LogP contribution in [0.1, 0.15) is 5.56 Å². The van der Waals surface area contributed by atoms with Gasteiger partial charge in [-0.15, -0.1) is 0 Å². The van der Waals surface area contributed by atoms with Crippen LogP contribution in [0.2, 0.25) is 0 Å². The van der Waals surface area contributed by atoms with E-state index in [1.54, 1.807) is 24.5 Å². The van der Waals surface area contributed by atoms with Crippen molar-refractivity contribution < 1.29 is 4.21 Å². The molecule has 1 atom stereocenters. The zero-order valence-corrected chi connectivity index (χ0v) is 9.20. The molecule has 15 heavy (non-hydrogen) atoms. The molecule has 0 aliphatic heterocycles. The molecule has 1 unspecified atom stereocenters. The highest BCUT2D eigenvalue weighted by Gasteiger charge is 2.05. The number of pyridine rings is 1. The SMILES string of the molecule is Cc1cccc(S(=O)c2ccncc2)c1.